The predicted octanol–water partition coefficient (Wildman–Crippen LogP) is 4.66. The molecule has 3 rings (SSSR count). The number of halogens is 2. The van der Waals surface area contributed by atoms with Crippen molar-refractivity contribution in [2.45, 2.75) is 26.1 Å². The number of hydrogen-bond acceptors (Lipinski definition) is 2. The summed E-state index contributed by atoms with van der Waals surface area (Å²) in [4.78, 5) is 8.40. The molecule has 0 saturated carbocycles. The van der Waals surface area contributed by atoms with Crippen molar-refractivity contribution in [1.82, 2.24) is 20.2 Å². The van der Waals surface area contributed by atoms with E-state index in [4.69, 9.17) is 23.2 Å². The van der Waals surface area contributed by atoms with Crippen LogP contribution in [0.3, 0.4) is 0 Å². The number of hydrogen-bond donors (Lipinski definition) is 2. The van der Waals surface area contributed by atoms with Gasteiger partial charge in [-0.3, -0.25) is 4.99 Å². The summed E-state index contributed by atoms with van der Waals surface area (Å²) < 4.78 is 2.05. The quantitative estimate of drug-likeness (QED) is 0.454. The highest BCUT2D eigenvalue weighted by atomic mass is 35.5. The lowest BCUT2D eigenvalue weighted by atomic mass is 10.1. The first-order valence-corrected chi connectivity index (χ1v) is 9.76. The molecule has 0 radical (unpaired) electrons. The van der Waals surface area contributed by atoms with Crippen molar-refractivity contribution < 1.29 is 0 Å². The minimum Gasteiger partial charge on any atom is -0.352 e. The molecule has 0 spiro atoms. The molecule has 146 valence electrons. The Bertz CT molecular complexity index is 938. The summed E-state index contributed by atoms with van der Waals surface area (Å²) in [6, 6.07) is 14.0. The van der Waals surface area contributed by atoms with Gasteiger partial charge in [-0.1, -0.05) is 53.5 Å². The molecular formula is C21H23Cl2N5. The van der Waals surface area contributed by atoms with Gasteiger partial charge in [0.2, 0.25) is 0 Å². The van der Waals surface area contributed by atoms with Crippen LogP contribution in [-0.4, -0.2) is 22.6 Å². The number of nitrogens with one attached hydrogen (secondary N) is 2. The van der Waals surface area contributed by atoms with Gasteiger partial charge in [-0.25, -0.2) is 4.98 Å². The Balaban J connectivity index is 1.59. The number of aromatic nitrogens is 2. The molecule has 1 aromatic heterocycles. The van der Waals surface area contributed by atoms with Gasteiger partial charge < -0.3 is 15.2 Å². The van der Waals surface area contributed by atoms with Crippen LogP contribution < -0.4 is 10.6 Å². The van der Waals surface area contributed by atoms with E-state index >= 15 is 0 Å². The largest absolute Gasteiger partial charge is 0.352 e. The number of benzene rings is 2. The maximum absolute atomic E-state index is 6.31. The van der Waals surface area contributed by atoms with Gasteiger partial charge in [0.15, 0.2) is 5.96 Å². The van der Waals surface area contributed by atoms with Crippen molar-refractivity contribution in [3.05, 3.63) is 87.9 Å². The van der Waals surface area contributed by atoms with Gasteiger partial charge in [0.25, 0.3) is 0 Å². The minimum absolute atomic E-state index is 0.0106. The Kier molecular flexibility index (Phi) is 6.95. The zero-order valence-electron chi connectivity index (χ0n) is 15.9. The van der Waals surface area contributed by atoms with Crippen LogP contribution in [0.15, 0.2) is 66.2 Å². The zero-order chi connectivity index (χ0) is 19.9. The molecule has 3 aromatic rings. The van der Waals surface area contributed by atoms with Gasteiger partial charge in [0.05, 0.1) is 12.4 Å². The Morgan fingerprint density at radius 3 is 2.71 bits per heavy atom. The van der Waals surface area contributed by atoms with Crippen LogP contribution in [0, 0.1) is 0 Å². The summed E-state index contributed by atoms with van der Waals surface area (Å²) in [7, 11) is 1.75. The van der Waals surface area contributed by atoms with Gasteiger partial charge in [-0.2, -0.15) is 0 Å². The van der Waals surface area contributed by atoms with Crippen LogP contribution >= 0.6 is 23.2 Å². The molecule has 1 atom stereocenters. The highest BCUT2D eigenvalue weighted by Gasteiger charge is 2.12. The molecule has 0 amide bonds. The fourth-order valence-electron chi connectivity index (χ4n) is 2.94. The summed E-state index contributed by atoms with van der Waals surface area (Å²) in [6.45, 7) is 3.50. The Hall–Kier alpha value is -2.50. The smallest absolute Gasteiger partial charge is 0.191 e. The van der Waals surface area contributed by atoms with Gasteiger partial charge in [0.1, 0.15) is 0 Å². The molecule has 1 unspecified atom stereocenters. The Labute approximate surface area is 175 Å². The van der Waals surface area contributed by atoms with E-state index in [2.05, 4.69) is 44.9 Å². The van der Waals surface area contributed by atoms with Crippen molar-refractivity contribution in [1.29, 1.82) is 0 Å². The van der Waals surface area contributed by atoms with Crippen molar-refractivity contribution in [2.24, 2.45) is 4.99 Å². The molecule has 0 saturated heterocycles. The van der Waals surface area contributed by atoms with Crippen LogP contribution in [0.4, 0.5) is 0 Å². The lowest BCUT2D eigenvalue weighted by Gasteiger charge is -2.19. The minimum atomic E-state index is -0.0106. The van der Waals surface area contributed by atoms with Gasteiger partial charge in [-0.15, -0.1) is 0 Å². The van der Waals surface area contributed by atoms with Gasteiger partial charge >= 0.3 is 0 Å². The average molecular weight is 416 g/mol. The molecule has 5 nitrogen and oxygen atoms in total. The highest BCUT2D eigenvalue weighted by molar-refractivity contribution is 6.35. The standard InChI is InChI=1S/C21H23Cl2N5/c1-15(19-7-6-18(22)11-20(19)23)27-21(24-2)26-12-16-4-3-5-17(10-16)13-28-9-8-25-14-28/h3-11,14-15H,12-13H2,1-2H3,(H2,24,26,27). The van der Waals surface area contributed by atoms with Crippen LogP contribution in [0.1, 0.15) is 29.7 Å². The molecule has 0 aliphatic carbocycles. The lowest BCUT2D eigenvalue weighted by molar-refractivity contribution is 0.685. The van der Waals surface area contributed by atoms with Crippen molar-refractivity contribution in [2.75, 3.05) is 7.05 Å². The van der Waals surface area contributed by atoms with Gasteiger partial charge in [0, 0.05) is 42.6 Å². The summed E-state index contributed by atoms with van der Waals surface area (Å²) >= 11 is 12.3. The van der Waals surface area contributed by atoms with E-state index in [1.165, 1.54) is 11.1 Å². The summed E-state index contributed by atoms with van der Waals surface area (Å²) in [6.07, 6.45) is 5.56. The second-order valence-electron chi connectivity index (χ2n) is 6.51. The number of guanidine groups is 1. The Morgan fingerprint density at radius 2 is 2.00 bits per heavy atom. The third-order valence-corrected chi connectivity index (χ3v) is 4.94. The maximum Gasteiger partial charge on any atom is 0.191 e. The van der Waals surface area contributed by atoms with E-state index < -0.39 is 0 Å². The number of imidazole rings is 1. The first kappa shape index (κ1) is 20.2. The Morgan fingerprint density at radius 1 is 1.18 bits per heavy atom. The molecule has 0 fully saturated rings. The fourth-order valence-corrected chi connectivity index (χ4v) is 3.52. The average Bonchev–Trinajstić information content (AvgIpc) is 3.18. The van der Waals surface area contributed by atoms with E-state index in [0.29, 0.717) is 22.5 Å². The third kappa shape index (κ3) is 5.50. The zero-order valence-corrected chi connectivity index (χ0v) is 17.4. The molecule has 2 aromatic carbocycles. The topological polar surface area (TPSA) is 54.2 Å². The summed E-state index contributed by atoms with van der Waals surface area (Å²) in [5.74, 6) is 0.707. The number of rotatable bonds is 6. The highest BCUT2D eigenvalue weighted by Crippen LogP contribution is 2.26. The molecule has 1 heterocycles. The normalized spacial score (nSPS) is 12.6. The lowest BCUT2D eigenvalue weighted by Crippen LogP contribution is -2.38. The van der Waals surface area contributed by atoms with E-state index in [9.17, 15) is 0 Å². The third-order valence-electron chi connectivity index (χ3n) is 4.38. The van der Waals surface area contributed by atoms with Crippen molar-refractivity contribution in [3.63, 3.8) is 0 Å². The van der Waals surface area contributed by atoms with Gasteiger partial charge in [-0.05, 0) is 35.7 Å². The monoisotopic (exact) mass is 415 g/mol. The van der Waals surface area contributed by atoms with Crippen molar-refractivity contribution in [3.8, 4) is 0 Å². The molecule has 28 heavy (non-hydrogen) atoms. The van der Waals surface area contributed by atoms with Crippen LogP contribution in [-0.2, 0) is 13.1 Å². The van der Waals surface area contributed by atoms with Crippen LogP contribution in [0.5, 0.6) is 0 Å². The first-order chi connectivity index (χ1) is 13.5. The second kappa shape index (κ2) is 9.62. The fraction of sp³-hybridized carbons (Fsp3) is 0.238. The second-order valence-corrected chi connectivity index (χ2v) is 7.36. The van der Waals surface area contributed by atoms with E-state index in [-0.39, 0.29) is 6.04 Å². The maximum atomic E-state index is 6.31. The first-order valence-electron chi connectivity index (χ1n) is 9.01. The van der Waals surface area contributed by atoms with Crippen molar-refractivity contribution >= 4 is 29.2 Å². The molecule has 0 aliphatic rings. The molecular weight excluding hydrogens is 393 g/mol. The molecule has 7 heteroatoms. The van der Waals surface area contributed by atoms with E-state index in [1.807, 2.05) is 36.1 Å². The van der Waals surface area contributed by atoms with E-state index in [1.54, 1.807) is 19.3 Å². The molecule has 0 bridgehead atoms. The SMILES string of the molecule is CN=C(NCc1cccc(Cn2ccnc2)c1)NC(C)c1ccc(Cl)cc1Cl. The number of aliphatic imine (C=N–C) groups is 1. The van der Waals surface area contributed by atoms with E-state index in [0.717, 1.165) is 12.1 Å². The molecule has 2 N–H and O–H groups in total. The van der Waals surface area contributed by atoms with Crippen LogP contribution in [0.2, 0.25) is 10.0 Å². The molecule has 0 aliphatic heterocycles. The summed E-state index contributed by atoms with van der Waals surface area (Å²) in [5.41, 5.74) is 3.37. The summed E-state index contributed by atoms with van der Waals surface area (Å²) in [5, 5.41) is 7.98. The number of nitrogens with zero attached hydrogens (tertiary/aromatic N) is 3. The predicted molar refractivity (Wildman–Crippen MR) is 116 cm³/mol. The van der Waals surface area contributed by atoms with Crippen LogP contribution in [0.25, 0.3) is 0 Å².